The Morgan fingerprint density at radius 1 is 0.861 bits per heavy atom. The predicted octanol–water partition coefficient (Wildman–Crippen LogP) is 6.60. The van der Waals surface area contributed by atoms with Crippen molar-refractivity contribution in [1.29, 1.82) is 0 Å². The van der Waals surface area contributed by atoms with E-state index in [1.807, 2.05) is 36.4 Å². The van der Waals surface area contributed by atoms with Gasteiger partial charge in [0.25, 0.3) is 0 Å². The van der Waals surface area contributed by atoms with Gasteiger partial charge in [0.1, 0.15) is 11.2 Å². The van der Waals surface area contributed by atoms with Crippen LogP contribution in [-0.4, -0.2) is 45.2 Å². The molecule has 3 aromatic rings. The molecular weight excluding hydrogens is 456 g/mol. The lowest BCUT2D eigenvalue weighted by Crippen LogP contribution is -2.37. The molecule has 3 rings (SSSR count). The van der Waals surface area contributed by atoms with Crippen LogP contribution in [0.25, 0.3) is 10.9 Å². The zero-order valence-electron chi connectivity index (χ0n) is 21.8. The number of ether oxygens (including phenoxy) is 2. The molecule has 0 aliphatic carbocycles. The summed E-state index contributed by atoms with van der Waals surface area (Å²) in [4.78, 5) is 40.2. The average molecular weight is 491 g/mol. The SMILES string of the molecule is CC(C)(C)OC(=O)N(C/C=C/C(=O)c1ccccc1)Cc1cc2ccccc2n1C(=O)OC(C)(C)C. The molecule has 1 aromatic heterocycles. The van der Waals surface area contributed by atoms with Crippen molar-refractivity contribution in [1.82, 2.24) is 9.47 Å². The van der Waals surface area contributed by atoms with Crippen LogP contribution in [-0.2, 0) is 16.0 Å². The fourth-order valence-electron chi connectivity index (χ4n) is 3.56. The van der Waals surface area contributed by atoms with Gasteiger partial charge < -0.3 is 9.47 Å². The maximum absolute atomic E-state index is 13.1. The molecule has 0 bridgehead atoms. The number of carbonyl (C=O) groups excluding carboxylic acids is 3. The second-order valence-electron chi connectivity index (χ2n) is 10.5. The summed E-state index contributed by atoms with van der Waals surface area (Å²) in [6.45, 7) is 11.0. The third-order valence-corrected chi connectivity index (χ3v) is 5.02. The maximum Gasteiger partial charge on any atom is 0.419 e. The first kappa shape index (κ1) is 26.7. The third kappa shape index (κ3) is 7.31. The van der Waals surface area contributed by atoms with Gasteiger partial charge in [-0.1, -0.05) is 54.6 Å². The quantitative estimate of drug-likeness (QED) is 0.287. The van der Waals surface area contributed by atoms with Crippen LogP contribution in [0.4, 0.5) is 9.59 Å². The molecule has 0 saturated carbocycles. The molecule has 0 fully saturated rings. The molecule has 2 aromatic carbocycles. The fraction of sp³-hybridized carbons (Fsp3) is 0.345. The van der Waals surface area contributed by atoms with E-state index in [0.29, 0.717) is 16.8 Å². The van der Waals surface area contributed by atoms with E-state index in [0.717, 1.165) is 5.39 Å². The topological polar surface area (TPSA) is 77.8 Å². The minimum absolute atomic E-state index is 0.0761. The summed E-state index contributed by atoms with van der Waals surface area (Å²) in [6.07, 6.45) is 1.98. The van der Waals surface area contributed by atoms with Crippen molar-refractivity contribution < 1.29 is 23.9 Å². The van der Waals surface area contributed by atoms with Crippen LogP contribution in [0.2, 0.25) is 0 Å². The molecule has 0 unspecified atom stereocenters. The van der Waals surface area contributed by atoms with Crippen LogP contribution in [0.3, 0.4) is 0 Å². The molecule has 0 aliphatic heterocycles. The highest BCUT2D eigenvalue weighted by atomic mass is 16.6. The van der Waals surface area contributed by atoms with E-state index in [9.17, 15) is 14.4 Å². The number of benzene rings is 2. The number of allylic oxidation sites excluding steroid dienone is 1. The van der Waals surface area contributed by atoms with Crippen molar-refractivity contribution in [2.45, 2.75) is 59.3 Å². The second kappa shape index (κ2) is 10.8. The Balaban J connectivity index is 1.93. The first-order chi connectivity index (χ1) is 16.8. The van der Waals surface area contributed by atoms with Crippen LogP contribution in [0.15, 0.2) is 72.8 Å². The zero-order chi connectivity index (χ0) is 26.5. The van der Waals surface area contributed by atoms with E-state index in [2.05, 4.69) is 0 Å². The van der Waals surface area contributed by atoms with Crippen LogP contribution < -0.4 is 0 Å². The highest BCUT2D eigenvalue weighted by Crippen LogP contribution is 2.24. The Morgan fingerprint density at radius 3 is 2.11 bits per heavy atom. The Bertz CT molecular complexity index is 1260. The van der Waals surface area contributed by atoms with Gasteiger partial charge in [-0.25, -0.2) is 14.2 Å². The van der Waals surface area contributed by atoms with Gasteiger partial charge >= 0.3 is 12.2 Å². The molecule has 0 N–H and O–H groups in total. The average Bonchev–Trinajstić information content (AvgIpc) is 3.14. The van der Waals surface area contributed by atoms with Crippen molar-refractivity contribution in [2.24, 2.45) is 0 Å². The van der Waals surface area contributed by atoms with Gasteiger partial charge in [-0.2, -0.15) is 0 Å². The summed E-state index contributed by atoms with van der Waals surface area (Å²) in [6, 6.07) is 18.2. The molecule has 0 saturated heterocycles. The molecule has 0 spiro atoms. The van der Waals surface area contributed by atoms with Crippen molar-refractivity contribution in [3.8, 4) is 0 Å². The molecule has 0 atom stereocenters. The Kier molecular flexibility index (Phi) is 8.03. The van der Waals surface area contributed by atoms with E-state index in [4.69, 9.17) is 9.47 Å². The van der Waals surface area contributed by atoms with E-state index in [1.54, 1.807) is 71.9 Å². The van der Waals surface area contributed by atoms with Gasteiger partial charge in [-0.05, 0) is 59.8 Å². The van der Waals surface area contributed by atoms with E-state index in [1.165, 1.54) is 15.5 Å². The summed E-state index contributed by atoms with van der Waals surface area (Å²) in [7, 11) is 0. The van der Waals surface area contributed by atoms with Crippen molar-refractivity contribution in [3.05, 3.63) is 84.1 Å². The first-order valence-electron chi connectivity index (χ1n) is 11.9. The zero-order valence-corrected chi connectivity index (χ0v) is 21.8. The molecule has 7 heteroatoms. The van der Waals surface area contributed by atoms with Crippen LogP contribution in [0.5, 0.6) is 0 Å². The van der Waals surface area contributed by atoms with Crippen molar-refractivity contribution in [3.63, 3.8) is 0 Å². The first-order valence-corrected chi connectivity index (χ1v) is 11.9. The highest BCUT2D eigenvalue weighted by molar-refractivity contribution is 6.04. The van der Waals surface area contributed by atoms with Gasteiger partial charge in [0.15, 0.2) is 5.78 Å². The molecule has 1 heterocycles. The number of carbonyl (C=O) groups is 3. The Labute approximate surface area is 212 Å². The normalized spacial score (nSPS) is 12.1. The summed E-state index contributed by atoms with van der Waals surface area (Å²) in [5.41, 5.74) is 0.407. The Hall–Kier alpha value is -3.87. The number of para-hydroxylation sites is 1. The summed E-state index contributed by atoms with van der Waals surface area (Å²) >= 11 is 0. The predicted molar refractivity (Wildman–Crippen MR) is 140 cm³/mol. The third-order valence-electron chi connectivity index (χ3n) is 5.02. The standard InChI is InChI=1S/C29H34N2O5/c1-28(2,3)35-26(33)30(18-12-17-25(32)21-13-8-7-9-14-21)20-23-19-22-15-10-11-16-24(22)31(23)27(34)36-29(4,5)6/h7-17,19H,18,20H2,1-6H3/b17-12+. The number of rotatable bonds is 6. The fourth-order valence-corrected chi connectivity index (χ4v) is 3.56. The van der Waals surface area contributed by atoms with Gasteiger partial charge in [0.05, 0.1) is 12.1 Å². The molecular formula is C29H34N2O5. The number of hydrogen-bond acceptors (Lipinski definition) is 5. The van der Waals surface area contributed by atoms with Crippen LogP contribution in [0, 0.1) is 0 Å². The number of aromatic nitrogens is 1. The number of ketones is 1. The number of amides is 1. The van der Waals surface area contributed by atoms with Crippen LogP contribution in [0.1, 0.15) is 57.6 Å². The number of fused-ring (bicyclic) bond motifs is 1. The number of nitrogens with zero attached hydrogens (tertiary/aromatic N) is 2. The van der Waals surface area contributed by atoms with E-state index < -0.39 is 23.4 Å². The smallest absolute Gasteiger partial charge is 0.419 e. The minimum atomic E-state index is -0.712. The largest absolute Gasteiger partial charge is 0.444 e. The van der Waals surface area contributed by atoms with E-state index in [-0.39, 0.29) is 18.9 Å². The molecule has 0 aliphatic rings. The second-order valence-corrected chi connectivity index (χ2v) is 10.5. The summed E-state index contributed by atoms with van der Waals surface area (Å²) < 4.78 is 12.7. The molecule has 7 nitrogen and oxygen atoms in total. The van der Waals surface area contributed by atoms with Gasteiger partial charge in [0.2, 0.25) is 0 Å². The summed E-state index contributed by atoms with van der Waals surface area (Å²) in [5.74, 6) is -0.164. The lowest BCUT2D eigenvalue weighted by molar-refractivity contribution is 0.0246. The van der Waals surface area contributed by atoms with Gasteiger partial charge in [-0.3, -0.25) is 9.69 Å². The molecule has 1 amide bonds. The lowest BCUT2D eigenvalue weighted by Gasteiger charge is -2.27. The maximum atomic E-state index is 13.1. The van der Waals surface area contributed by atoms with Gasteiger partial charge in [0, 0.05) is 23.2 Å². The molecule has 36 heavy (non-hydrogen) atoms. The summed E-state index contributed by atoms with van der Waals surface area (Å²) in [5, 5.41) is 0.845. The number of hydrogen-bond donors (Lipinski definition) is 0. The van der Waals surface area contributed by atoms with Crippen molar-refractivity contribution >= 4 is 28.9 Å². The van der Waals surface area contributed by atoms with Gasteiger partial charge in [-0.15, -0.1) is 0 Å². The van der Waals surface area contributed by atoms with Crippen molar-refractivity contribution in [2.75, 3.05) is 6.54 Å². The molecule has 0 radical (unpaired) electrons. The lowest BCUT2D eigenvalue weighted by atomic mass is 10.1. The van der Waals surface area contributed by atoms with Crippen LogP contribution >= 0.6 is 0 Å². The highest BCUT2D eigenvalue weighted by Gasteiger charge is 2.26. The molecule has 190 valence electrons. The van der Waals surface area contributed by atoms with E-state index >= 15 is 0 Å². The monoisotopic (exact) mass is 490 g/mol. The Morgan fingerprint density at radius 2 is 1.47 bits per heavy atom. The minimum Gasteiger partial charge on any atom is -0.444 e.